The van der Waals surface area contributed by atoms with Crippen molar-refractivity contribution in [2.45, 2.75) is 13.0 Å². The highest BCUT2D eigenvalue weighted by molar-refractivity contribution is 7.10. The molecule has 0 amide bonds. The van der Waals surface area contributed by atoms with Crippen LogP contribution < -0.4 is 0 Å². The summed E-state index contributed by atoms with van der Waals surface area (Å²) in [4.78, 5) is 14.9. The molecule has 1 aromatic heterocycles. The lowest BCUT2D eigenvalue weighted by atomic mass is 10.3. The van der Waals surface area contributed by atoms with E-state index >= 15 is 0 Å². The van der Waals surface area contributed by atoms with Crippen molar-refractivity contribution in [3.63, 3.8) is 0 Å². The molecule has 0 saturated carbocycles. The van der Waals surface area contributed by atoms with Crippen LogP contribution in [0.25, 0.3) is 0 Å². The Bertz CT molecular complexity index is 414. The van der Waals surface area contributed by atoms with E-state index in [-0.39, 0.29) is 6.54 Å². The Kier molecular flexibility index (Phi) is 4.87. The summed E-state index contributed by atoms with van der Waals surface area (Å²) in [6.07, 6.45) is 0.961. The van der Waals surface area contributed by atoms with Crippen molar-refractivity contribution >= 4 is 29.1 Å². The van der Waals surface area contributed by atoms with Gasteiger partial charge in [-0.05, 0) is 13.0 Å². The summed E-state index contributed by atoms with van der Waals surface area (Å²) in [5, 5.41) is 12.8. The molecule has 1 fully saturated rings. The quantitative estimate of drug-likeness (QED) is 0.884. The molecule has 0 spiro atoms. The second-order valence-corrected chi connectivity index (χ2v) is 5.65. The number of carbonyl (C=O) groups is 1. The fourth-order valence-corrected chi connectivity index (χ4v) is 2.65. The predicted octanol–water partition coefficient (Wildman–Crippen LogP) is 0.784. The highest BCUT2D eigenvalue weighted by Crippen LogP contribution is 2.19. The van der Waals surface area contributed by atoms with Gasteiger partial charge in [0.15, 0.2) is 0 Å². The molecule has 0 unspecified atom stereocenters. The molecule has 0 radical (unpaired) electrons. The summed E-state index contributed by atoms with van der Waals surface area (Å²) in [6.45, 7) is 4.17. The molecule has 100 valence electrons. The maximum Gasteiger partial charge on any atom is 0.317 e. The van der Waals surface area contributed by atoms with Gasteiger partial charge in [-0.2, -0.15) is 0 Å². The van der Waals surface area contributed by atoms with Gasteiger partial charge in [0.25, 0.3) is 0 Å². The maximum absolute atomic E-state index is 10.7. The Morgan fingerprint density at radius 1 is 1.33 bits per heavy atom. The molecule has 1 aliphatic rings. The molecule has 1 aliphatic heterocycles. The number of rotatable bonds is 4. The molecule has 6 nitrogen and oxygen atoms in total. The number of carboxylic acid groups (broad SMARTS) is 1. The average molecular weight is 291 g/mol. The predicted molar refractivity (Wildman–Crippen MR) is 68.9 cm³/mol. The standard InChI is InChI=1S/C10H15ClN4O2S/c11-10-8(12-13-18-10)6-14-2-1-3-15(5-4-14)7-9(16)17/h1-7H2,(H,16,17). The van der Waals surface area contributed by atoms with E-state index in [1.807, 2.05) is 4.90 Å². The van der Waals surface area contributed by atoms with E-state index in [1.165, 1.54) is 11.5 Å². The third-order valence-electron chi connectivity index (χ3n) is 2.92. The van der Waals surface area contributed by atoms with Crippen LogP contribution in [0.3, 0.4) is 0 Å². The fraction of sp³-hybridized carbons (Fsp3) is 0.700. The van der Waals surface area contributed by atoms with E-state index in [1.54, 1.807) is 0 Å². The largest absolute Gasteiger partial charge is 0.480 e. The number of carboxylic acids is 1. The lowest BCUT2D eigenvalue weighted by Gasteiger charge is -2.19. The molecule has 2 rings (SSSR count). The molecular weight excluding hydrogens is 276 g/mol. The molecule has 1 N–H and O–H groups in total. The molecule has 8 heteroatoms. The average Bonchev–Trinajstić information content (AvgIpc) is 2.58. The van der Waals surface area contributed by atoms with Crippen LogP contribution in [-0.4, -0.2) is 63.2 Å². The number of aliphatic carboxylic acids is 1. The van der Waals surface area contributed by atoms with Gasteiger partial charge in [-0.1, -0.05) is 16.1 Å². The number of aromatic nitrogens is 2. The molecule has 0 atom stereocenters. The summed E-state index contributed by atoms with van der Waals surface area (Å²) >= 11 is 7.17. The Morgan fingerprint density at radius 3 is 2.72 bits per heavy atom. The molecule has 1 saturated heterocycles. The van der Waals surface area contributed by atoms with Gasteiger partial charge in [0.1, 0.15) is 10.0 Å². The molecule has 1 aromatic rings. The fourth-order valence-electron chi connectivity index (χ4n) is 2.04. The van der Waals surface area contributed by atoms with Crippen molar-refractivity contribution in [2.24, 2.45) is 0 Å². The van der Waals surface area contributed by atoms with E-state index in [0.29, 0.717) is 10.9 Å². The topological polar surface area (TPSA) is 69.6 Å². The third kappa shape index (κ3) is 3.88. The summed E-state index contributed by atoms with van der Waals surface area (Å²) in [5.74, 6) is -0.768. The van der Waals surface area contributed by atoms with Crippen LogP contribution in [0.4, 0.5) is 0 Å². The zero-order valence-corrected chi connectivity index (χ0v) is 11.5. The smallest absolute Gasteiger partial charge is 0.317 e. The number of hydrogen-bond acceptors (Lipinski definition) is 6. The van der Waals surface area contributed by atoms with Gasteiger partial charge in [-0.3, -0.25) is 14.6 Å². The highest BCUT2D eigenvalue weighted by Gasteiger charge is 2.18. The van der Waals surface area contributed by atoms with E-state index in [0.717, 1.165) is 38.3 Å². The van der Waals surface area contributed by atoms with Crippen molar-refractivity contribution < 1.29 is 9.90 Å². The zero-order valence-electron chi connectivity index (χ0n) is 9.88. The SMILES string of the molecule is O=C(O)CN1CCCN(Cc2nnsc2Cl)CC1. The number of halogens is 1. The van der Waals surface area contributed by atoms with Gasteiger partial charge in [0.2, 0.25) is 0 Å². The van der Waals surface area contributed by atoms with Crippen LogP contribution in [0.5, 0.6) is 0 Å². The normalized spacial score (nSPS) is 18.7. The van der Waals surface area contributed by atoms with Gasteiger partial charge in [-0.15, -0.1) is 5.10 Å². The molecule has 0 aliphatic carbocycles. The van der Waals surface area contributed by atoms with Crippen LogP contribution in [-0.2, 0) is 11.3 Å². The first-order valence-electron chi connectivity index (χ1n) is 5.78. The van der Waals surface area contributed by atoms with E-state index < -0.39 is 5.97 Å². The minimum Gasteiger partial charge on any atom is -0.480 e. The zero-order chi connectivity index (χ0) is 13.0. The van der Waals surface area contributed by atoms with Gasteiger partial charge < -0.3 is 5.11 Å². The van der Waals surface area contributed by atoms with E-state index in [2.05, 4.69) is 14.5 Å². The first-order valence-corrected chi connectivity index (χ1v) is 6.93. The third-order valence-corrected chi connectivity index (χ3v) is 3.91. The minimum atomic E-state index is -0.768. The van der Waals surface area contributed by atoms with Gasteiger partial charge in [-0.25, -0.2) is 0 Å². The molecule has 2 heterocycles. The van der Waals surface area contributed by atoms with Crippen LogP contribution >= 0.6 is 23.1 Å². The van der Waals surface area contributed by atoms with Crippen LogP contribution in [0, 0.1) is 0 Å². The first kappa shape index (κ1) is 13.7. The summed E-state index contributed by atoms with van der Waals surface area (Å²) in [7, 11) is 0. The number of nitrogens with zero attached hydrogens (tertiary/aromatic N) is 4. The highest BCUT2D eigenvalue weighted by atomic mass is 35.5. The van der Waals surface area contributed by atoms with Crippen molar-refractivity contribution in [3.05, 3.63) is 10.0 Å². The lowest BCUT2D eigenvalue weighted by molar-refractivity contribution is -0.138. The van der Waals surface area contributed by atoms with E-state index in [4.69, 9.17) is 16.7 Å². The molecule has 18 heavy (non-hydrogen) atoms. The van der Waals surface area contributed by atoms with Crippen LogP contribution in [0.1, 0.15) is 12.1 Å². The lowest BCUT2D eigenvalue weighted by Crippen LogP contribution is -2.34. The Labute approximate surface area is 114 Å². The molecule has 0 aromatic carbocycles. The minimum absolute atomic E-state index is 0.118. The van der Waals surface area contributed by atoms with E-state index in [9.17, 15) is 4.79 Å². The summed E-state index contributed by atoms with van der Waals surface area (Å²) in [6, 6.07) is 0. The van der Waals surface area contributed by atoms with Gasteiger partial charge >= 0.3 is 5.97 Å². The second kappa shape index (κ2) is 6.42. The Hall–Kier alpha value is -0.760. The Balaban J connectivity index is 1.85. The molecular formula is C10H15ClN4O2S. The van der Waals surface area contributed by atoms with Gasteiger partial charge in [0, 0.05) is 37.7 Å². The van der Waals surface area contributed by atoms with Crippen LogP contribution in [0.15, 0.2) is 0 Å². The summed E-state index contributed by atoms with van der Waals surface area (Å²) in [5.41, 5.74) is 0.813. The molecule has 0 bridgehead atoms. The number of hydrogen-bond donors (Lipinski definition) is 1. The van der Waals surface area contributed by atoms with Crippen molar-refractivity contribution in [3.8, 4) is 0 Å². The monoisotopic (exact) mass is 290 g/mol. The van der Waals surface area contributed by atoms with Crippen molar-refractivity contribution in [1.82, 2.24) is 19.4 Å². The van der Waals surface area contributed by atoms with Gasteiger partial charge in [0.05, 0.1) is 6.54 Å². The van der Waals surface area contributed by atoms with Crippen LogP contribution in [0.2, 0.25) is 4.34 Å². The summed E-state index contributed by atoms with van der Waals surface area (Å²) < 4.78 is 4.45. The Morgan fingerprint density at radius 2 is 2.06 bits per heavy atom. The van der Waals surface area contributed by atoms with Crippen molar-refractivity contribution in [2.75, 3.05) is 32.7 Å². The first-order chi connectivity index (χ1) is 8.65. The second-order valence-electron chi connectivity index (χ2n) is 4.29. The van der Waals surface area contributed by atoms with Crippen molar-refractivity contribution in [1.29, 1.82) is 0 Å². The maximum atomic E-state index is 10.7.